The maximum atomic E-state index is 12.8. The number of aliphatic hydroxyl groups is 1. The Kier molecular flexibility index (Phi) is 7.05. The molecule has 0 bridgehead atoms. The van der Waals surface area contributed by atoms with Crippen molar-refractivity contribution in [1.29, 1.82) is 0 Å². The summed E-state index contributed by atoms with van der Waals surface area (Å²) in [6.07, 6.45) is 2.07. The Morgan fingerprint density at radius 2 is 1.83 bits per heavy atom. The second kappa shape index (κ2) is 9.71. The summed E-state index contributed by atoms with van der Waals surface area (Å²) < 4.78 is 0. The number of hydrogen-bond acceptors (Lipinski definition) is 4. The van der Waals surface area contributed by atoms with Crippen LogP contribution in [0.3, 0.4) is 0 Å². The summed E-state index contributed by atoms with van der Waals surface area (Å²) in [4.78, 5) is 28.9. The van der Waals surface area contributed by atoms with Gasteiger partial charge in [0.1, 0.15) is 0 Å². The lowest BCUT2D eigenvalue weighted by molar-refractivity contribution is 0.0949. The number of pyridine rings is 1. The number of aromatic nitrogens is 1. The first-order valence-corrected chi connectivity index (χ1v) is 9.92. The fourth-order valence-electron chi connectivity index (χ4n) is 3.01. The van der Waals surface area contributed by atoms with Gasteiger partial charge in [-0.2, -0.15) is 0 Å². The smallest absolute Gasteiger partial charge is 0.251 e. The molecule has 0 fully saturated rings. The van der Waals surface area contributed by atoms with Crippen LogP contribution in [0.2, 0.25) is 10.0 Å². The van der Waals surface area contributed by atoms with Gasteiger partial charge in [-0.25, -0.2) is 0 Å². The van der Waals surface area contributed by atoms with Crippen LogP contribution in [0.5, 0.6) is 0 Å². The van der Waals surface area contributed by atoms with Crippen LogP contribution in [0.1, 0.15) is 27.1 Å². The number of carbonyl (C=O) groups excluding carboxylic acids is 2. The second-order valence-electron chi connectivity index (χ2n) is 6.46. The van der Waals surface area contributed by atoms with Crippen LogP contribution in [0.25, 0.3) is 22.4 Å². The summed E-state index contributed by atoms with van der Waals surface area (Å²) in [6.45, 7) is 0.253. The number of nitrogens with zero attached hydrogens (tertiary/aromatic N) is 1. The first-order valence-electron chi connectivity index (χ1n) is 9.16. The van der Waals surface area contributed by atoms with Crippen LogP contribution in [0.15, 0.2) is 54.7 Å². The molecule has 0 aliphatic carbocycles. The highest BCUT2D eigenvalue weighted by atomic mass is 35.5. The molecule has 2 amide bonds. The quantitative estimate of drug-likeness (QED) is 0.480. The van der Waals surface area contributed by atoms with E-state index in [1.165, 1.54) is 12.1 Å². The van der Waals surface area contributed by atoms with Crippen molar-refractivity contribution in [1.82, 2.24) is 10.3 Å². The number of primary amides is 1. The van der Waals surface area contributed by atoms with Crippen LogP contribution in [-0.2, 0) is 0 Å². The monoisotopic (exact) mass is 443 g/mol. The van der Waals surface area contributed by atoms with Crippen LogP contribution in [0, 0.1) is 0 Å². The maximum absolute atomic E-state index is 12.8. The van der Waals surface area contributed by atoms with Crippen molar-refractivity contribution in [3.05, 3.63) is 75.9 Å². The van der Waals surface area contributed by atoms with Crippen molar-refractivity contribution in [2.75, 3.05) is 13.2 Å². The second-order valence-corrected chi connectivity index (χ2v) is 7.24. The normalized spacial score (nSPS) is 10.6. The third-order valence-electron chi connectivity index (χ3n) is 4.47. The molecule has 30 heavy (non-hydrogen) atoms. The van der Waals surface area contributed by atoms with Gasteiger partial charge in [0.2, 0.25) is 5.91 Å². The number of rotatable bonds is 7. The van der Waals surface area contributed by atoms with Gasteiger partial charge in [-0.1, -0.05) is 35.3 Å². The predicted molar refractivity (Wildman–Crippen MR) is 118 cm³/mol. The van der Waals surface area contributed by atoms with E-state index in [0.717, 1.165) is 0 Å². The lowest BCUT2D eigenvalue weighted by Gasteiger charge is -2.15. The van der Waals surface area contributed by atoms with Gasteiger partial charge in [0.15, 0.2) is 0 Å². The molecule has 1 heterocycles. The number of nitrogens with two attached hydrogens (primary N) is 1. The molecule has 0 spiro atoms. The number of benzene rings is 2. The Balaban J connectivity index is 2.17. The van der Waals surface area contributed by atoms with E-state index in [4.69, 9.17) is 34.0 Å². The summed E-state index contributed by atoms with van der Waals surface area (Å²) in [7, 11) is 0. The van der Waals surface area contributed by atoms with E-state index in [-0.39, 0.29) is 28.7 Å². The minimum atomic E-state index is -0.701. The number of amides is 2. The zero-order valence-corrected chi connectivity index (χ0v) is 17.4. The molecule has 4 N–H and O–H groups in total. The SMILES string of the molecule is NC(=O)c1ccc(C(=O)NCCCO)c(-c2ccc(Cl)c(-c3ccccn3)c2)c1Cl. The van der Waals surface area contributed by atoms with Crippen molar-refractivity contribution in [3.8, 4) is 22.4 Å². The van der Waals surface area contributed by atoms with Gasteiger partial charge in [-0.3, -0.25) is 14.6 Å². The molecule has 3 aromatic rings. The van der Waals surface area contributed by atoms with E-state index in [9.17, 15) is 9.59 Å². The van der Waals surface area contributed by atoms with Gasteiger partial charge in [0.25, 0.3) is 5.91 Å². The number of halogens is 2. The summed E-state index contributed by atoms with van der Waals surface area (Å²) in [5.41, 5.74) is 8.08. The molecule has 3 rings (SSSR count). The Morgan fingerprint density at radius 3 is 2.50 bits per heavy atom. The Morgan fingerprint density at radius 1 is 1.07 bits per heavy atom. The maximum Gasteiger partial charge on any atom is 0.251 e. The minimum Gasteiger partial charge on any atom is -0.396 e. The van der Waals surface area contributed by atoms with E-state index in [1.54, 1.807) is 30.5 Å². The third kappa shape index (κ3) is 4.62. The molecular formula is C22H19Cl2N3O3. The zero-order chi connectivity index (χ0) is 21.7. The molecule has 0 saturated heterocycles. The number of aliphatic hydroxyl groups excluding tert-OH is 1. The largest absolute Gasteiger partial charge is 0.396 e. The van der Waals surface area contributed by atoms with Crippen LogP contribution >= 0.6 is 23.2 Å². The van der Waals surface area contributed by atoms with Crippen molar-refractivity contribution in [2.45, 2.75) is 6.42 Å². The molecular weight excluding hydrogens is 425 g/mol. The fourth-order valence-corrected chi connectivity index (χ4v) is 3.59. The van der Waals surface area contributed by atoms with E-state index in [0.29, 0.717) is 40.4 Å². The van der Waals surface area contributed by atoms with Gasteiger partial charge >= 0.3 is 0 Å². The number of carbonyl (C=O) groups is 2. The van der Waals surface area contributed by atoms with Gasteiger partial charge in [-0.15, -0.1) is 0 Å². The summed E-state index contributed by atoms with van der Waals surface area (Å²) in [5.74, 6) is -1.09. The number of nitrogens with one attached hydrogen (secondary N) is 1. The Bertz CT molecular complexity index is 1090. The third-order valence-corrected chi connectivity index (χ3v) is 5.19. The van der Waals surface area contributed by atoms with Crippen molar-refractivity contribution in [3.63, 3.8) is 0 Å². The average molecular weight is 444 g/mol. The van der Waals surface area contributed by atoms with Crippen LogP contribution in [-0.4, -0.2) is 35.1 Å². The van der Waals surface area contributed by atoms with Crippen LogP contribution < -0.4 is 11.1 Å². The molecule has 1 aromatic heterocycles. The van der Waals surface area contributed by atoms with Gasteiger partial charge < -0.3 is 16.2 Å². The molecule has 0 saturated carbocycles. The highest BCUT2D eigenvalue weighted by Crippen LogP contribution is 2.38. The van der Waals surface area contributed by atoms with Crippen LogP contribution in [0.4, 0.5) is 0 Å². The van der Waals surface area contributed by atoms with E-state index >= 15 is 0 Å². The first kappa shape index (κ1) is 21.8. The predicted octanol–water partition coefficient (Wildman–Crippen LogP) is 3.93. The van der Waals surface area contributed by atoms with Gasteiger partial charge in [0.05, 0.1) is 16.3 Å². The van der Waals surface area contributed by atoms with E-state index < -0.39 is 5.91 Å². The minimum absolute atomic E-state index is 0.0425. The van der Waals surface area contributed by atoms with E-state index in [1.807, 2.05) is 12.1 Å². The first-order chi connectivity index (χ1) is 14.4. The topological polar surface area (TPSA) is 105 Å². The molecule has 0 radical (unpaired) electrons. The average Bonchev–Trinajstić information content (AvgIpc) is 2.74. The molecule has 6 nitrogen and oxygen atoms in total. The molecule has 0 aliphatic heterocycles. The Hall–Kier alpha value is -2.93. The summed E-state index contributed by atoms with van der Waals surface area (Å²) >= 11 is 12.9. The number of hydrogen-bond donors (Lipinski definition) is 3. The Labute approximate surface area is 183 Å². The van der Waals surface area contributed by atoms with Crippen molar-refractivity contribution < 1.29 is 14.7 Å². The molecule has 154 valence electrons. The molecule has 0 atom stereocenters. The van der Waals surface area contributed by atoms with Gasteiger partial charge in [-0.05, 0) is 48.4 Å². The zero-order valence-electron chi connectivity index (χ0n) is 15.9. The highest BCUT2D eigenvalue weighted by Gasteiger charge is 2.21. The molecule has 0 unspecified atom stereocenters. The molecule has 8 heteroatoms. The lowest BCUT2D eigenvalue weighted by Crippen LogP contribution is -2.26. The van der Waals surface area contributed by atoms with Crippen molar-refractivity contribution >= 4 is 35.0 Å². The van der Waals surface area contributed by atoms with Gasteiger partial charge in [0, 0.05) is 41.1 Å². The molecule has 0 aliphatic rings. The summed E-state index contributed by atoms with van der Waals surface area (Å²) in [5, 5.41) is 12.2. The fraction of sp³-hybridized carbons (Fsp3) is 0.136. The van der Waals surface area contributed by atoms with Crippen molar-refractivity contribution in [2.24, 2.45) is 5.73 Å². The van der Waals surface area contributed by atoms with E-state index in [2.05, 4.69) is 10.3 Å². The standard InChI is InChI=1S/C22H19Cl2N3O3/c23-17-8-5-13(12-16(17)18-4-1-2-9-26-18)19-14(22(30)27-10-3-11-28)6-7-15(20(19)24)21(25)29/h1-2,4-9,12,28H,3,10-11H2,(H2,25,29)(H,27,30). The summed E-state index contributed by atoms with van der Waals surface area (Å²) in [6, 6.07) is 13.5. The highest BCUT2D eigenvalue weighted by molar-refractivity contribution is 6.37. The lowest BCUT2D eigenvalue weighted by atomic mass is 9.94. The molecule has 2 aromatic carbocycles.